The third-order valence-electron chi connectivity index (χ3n) is 3.38. The number of aromatic nitrogens is 4. The Bertz CT molecular complexity index is 637. The van der Waals surface area contributed by atoms with Gasteiger partial charge in [-0.1, -0.05) is 6.92 Å². The minimum Gasteiger partial charge on any atom is -0.353 e. The van der Waals surface area contributed by atoms with Gasteiger partial charge in [-0.3, -0.25) is 9.36 Å². The third kappa shape index (κ3) is 2.21. The minimum absolute atomic E-state index is 0.0411. The van der Waals surface area contributed by atoms with Crippen molar-refractivity contribution in [2.24, 2.45) is 0 Å². The second kappa shape index (κ2) is 4.79. The molecule has 1 aliphatic rings. The molecule has 98 valence electrons. The van der Waals surface area contributed by atoms with Gasteiger partial charge in [0.15, 0.2) is 0 Å². The lowest BCUT2D eigenvalue weighted by molar-refractivity contribution is 0.500. The van der Waals surface area contributed by atoms with E-state index in [0.717, 1.165) is 19.4 Å². The van der Waals surface area contributed by atoms with Gasteiger partial charge < -0.3 is 5.32 Å². The quantitative estimate of drug-likeness (QED) is 0.877. The fourth-order valence-corrected chi connectivity index (χ4v) is 2.25. The van der Waals surface area contributed by atoms with Crippen LogP contribution < -0.4 is 10.9 Å². The Hall–Kier alpha value is -2.24. The molecule has 3 heterocycles. The first kappa shape index (κ1) is 11.8. The van der Waals surface area contributed by atoms with E-state index in [2.05, 4.69) is 27.2 Å². The fourth-order valence-electron chi connectivity index (χ4n) is 2.25. The van der Waals surface area contributed by atoms with Gasteiger partial charge in [0.2, 0.25) is 5.95 Å². The number of anilines is 1. The second-order valence-corrected chi connectivity index (χ2v) is 4.59. The van der Waals surface area contributed by atoms with Crippen LogP contribution in [0.2, 0.25) is 0 Å². The van der Waals surface area contributed by atoms with Crippen molar-refractivity contribution in [3.8, 4) is 11.4 Å². The summed E-state index contributed by atoms with van der Waals surface area (Å²) < 4.78 is 1.68. The van der Waals surface area contributed by atoms with E-state index >= 15 is 0 Å². The van der Waals surface area contributed by atoms with Gasteiger partial charge in [0, 0.05) is 24.8 Å². The lowest BCUT2D eigenvalue weighted by Crippen LogP contribution is -2.35. The minimum atomic E-state index is -0.0411. The molecule has 2 aromatic rings. The molecule has 6 nitrogen and oxygen atoms in total. The Kier molecular flexibility index (Phi) is 2.98. The summed E-state index contributed by atoms with van der Waals surface area (Å²) >= 11 is 0. The predicted molar refractivity (Wildman–Crippen MR) is 71.8 cm³/mol. The fraction of sp³-hybridized carbons (Fsp3) is 0.385. The zero-order chi connectivity index (χ0) is 13.2. The molecule has 1 aliphatic heterocycles. The van der Waals surface area contributed by atoms with Crippen LogP contribution in [0.1, 0.15) is 19.8 Å². The summed E-state index contributed by atoms with van der Waals surface area (Å²) in [5.41, 5.74) is 1.21. The van der Waals surface area contributed by atoms with E-state index in [4.69, 9.17) is 0 Å². The number of nitrogens with zero attached hydrogens (tertiary/aromatic N) is 4. The highest BCUT2D eigenvalue weighted by molar-refractivity contribution is 5.55. The molecule has 2 aromatic heterocycles. The first-order chi connectivity index (χ1) is 9.28. The van der Waals surface area contributed by atoms with Gasteiger partial charge in [-0.25, -0.2) is 15.0 Å². The molecular formula is C13H15N5O. The van der Waals surface area contributed by atoms with Crippen molar-refractivity contribution < 1.29 is 0 Å². The van der Waals surface area contributed by atoms with E-state index in [1.54, 1.807) is 16.8 Å². The zero-order valence-corrected chi connectivity index (χ0v) is 10.7. The van der Waals surface area contributed by atoms with E-state index in [-0.39, 0.29) is 5.56 Å². The molecule has 0 spiro atoms. The molecule has 19 heavy (non-hydrogen) atoms. The van der Waals surface area contributed by atoms with Crippen LogP contribution in [0.5, 0.6) is 0 Å². The van der Waals surface area contributed by atoms with Crippen LogP contribution in [-0.4, -0.2) is 25.6 Å². The molecule has 3 rings (SSSR count). The largest absolute Gasteiger partial charge is 0.353 e. The number of fused-ring (bicyclic) bond motifs is 1. The lowest BCUT2D eigenvalue weighted by atomic mass is 10.1. The molecule has 0 fully saturated rings. The number of nitrogens with one attached hydrogen (secondary N) is 1. The van der Waals surface area contributed by atoms with E-state index in [1.165, 1.54) is 12.4 Å². The average Bonchev–Trinajstić information content (AvgIpc) is 2.47. The molecule has 0 aliphatic carbocycles. The maximum Gasteiger partial charge on any atom is 0.255 e. The normalized spacial score (nSPS) is 17.6. The van der Waals surface area contributed by atoms with E-state index in [0.29, 0.717) is 23.4 Å². The van der Waals surface area contributed by atoms with Crippen molar-refractivity contribution in [1.29, 1.82) is 0 Å². The maximum absolute atomic E-state index is 12.1. The summed E-state index contributed by atoms with van der Waals surface area (Å²) in [6.45, 7) is 2.84. The SMILES string of the molecule is CCC1CCn2c(nc(-c3ccncn3)cc2=O)N1. The Labute approximate surface area is 110 Å². The van der Waals surface area contributed by atoms with Gasteiger partial charge in [-0.2, -0.15) is 0 Å². The van der Waals surface area contributed by atoms with E-state index in [9.17, 15) is 4.79 Å². The van der Waals surface area contributed by atoms with Crippen LogP contribution in [-0.2, 0) is 6.54 Å². The molecule has 0 aromatic carbocycles. The molecule has 0 saturated heterocycles. The number of hydrogen-bond donors (Lipinski definition) is 1. The summed E-state index contributed by atoms with van der Waals surface area (Å²) in [5, 5.41) is 3.31. The first-order valence-electron chi connectivity index (χ1n) is 6.42. The highest BCUT2D eigenvalue weighted by Gasteiger charge is 2.19. The summed E-state index contributed by atoms with van der Waals surface area (Å²) in [5.74, 6) is 0.638. The molecule has 6 heteroatoms. The molecule has 1 N–H and O–H groups in total. The third-order valence-corrected chi connectivity index (χ3v) is 3.38. The van der Waals surface area contributed by atoms with Gasteiger partial charge in [0.1, 0.15) is 6.33 Å². The molecule has 1 atom stereocenters. The molecule has 0 radical (unpaired) electrons. The van der Waals surface area contributed by atoms with Crippen molar-refractivity contribution in [3.63, 3.8) is 0 Å². The van der Waals surface area contributed by atoms with Crippen molar-refractivity contribution in [2.75, 3.05) is 5.32 Å². The maximum atomic E-state index is 12.1. The van der Waals surface area contributed by atoms with E-state index < -0.39 is 0 Å². The molecule has 0 amide bonds. The highest BCUT2D eigenvalue weighted by atomic mass is 16.1. The standard InChI is InChI=1S/C13H15N5O/c1-2-9-4-6-18-12(19)7-11(17-13(18)16-9)10-3-5-14-8-15-10/h3,5,7-9H,2,4,6H2,1H3,(H,16,17). The van der Waals surface area contributed by atoms with Crippen molar-refractivity contribution in [1.82, 2.24) is 19.5 Å². The van der Waals surface area contributed by atoms with Crippen molar-refractivity contribution >= 4 is 5.95 Å². The Balaban J connectivity index is 2.06. The van der Waals surface area contributed by atoms with E-state index in [1.807, 2.05) is 0 Å². The summed E-state index contributed by atoms with van der Waals surface area (Å²) in [4.78, 5) is 24.6. The lowest BCUT2D eigenvalue weighted by Gasteiger charge is -2.26. The van der Waals surface area contributed by atoms with Gasteiger partial charge >= 0.3 is 0 Å². The van der Waals surface area contributed by atoms with Crippen LogP contribution in [0.4, 0.5) is 5.95 Å². The Morgan fingerprint density at radius 1 is 1.47 bits per heavy atom. The van der Waals surface area contributed by atoms with Gasteiger partial charge in [0.05, 0.1) is 11.4 Å². The van der Waals surface area contributed by atoms with Crippen molar-refractivity contribution in [3.05, 3.63) is 35.0 Å². The van der Waals surface area contributed by atoms with Gasteiger partial charge in [0.25, 0.3) is 5.56 Å². The van der Waals surface area contributed by atoms with Crippen LogP contribution in [0.15, 0.2) is 29.5 Å². The molecule has 1 unspecified atom stereocenters. The Morgan fingerprint density at radius 3 is 3.11 bits per heavy atom. The van der Waals surface area contributed by atoms with Crippen LogP contribution in [0.25, 0.3) is 11.4 Å². The van der Waals surface area contributed by atoms with Crippen LogP contribution in [0.3, 0.4) is 0 Å². The summed E-state index contributed by atoms with van der Waals surface area (Å²) in [6, 6.07) is 3.66. The van der Waals surface area contributed by atoms with Crippen molar-refractivity contribution in [2.45, 2.75) is 32.4 Å². The monoisotopic (exact) mass is 257 g/mol. The molecule has 0 saturated carbocycles. The summed E-state index contributed by atoms with van der Waals surface area (Å²) in [6.07, 6.45) is 5.07. The first-order valence-corrected chi connectivity index (χ1v) is 6.42. The zero-order valence-electron chi connectivity index (χ0n) is 10.7. The number of hydrogen-bond acceptors (Lipinski definition) is 5. The Morgan fingerprint density at radius 2 is 2.37 bits per heavy atom. The molecular weight excluding hydrogens is 242 g/mol. The highest BCUT2D eigenvalue weighted by Crippen LogP contribution is 2.19. The number of rotatable bonds is 2. The van der Waals surface area contributed by atoms with Gasteiger partial charge in [-0.15, -0.1) is 0 Å². The summed E-state index contributed by atoms with van der Waals surface area (Å²) in [7, 11) is 0. The predicted octanol–water partition coefficient (Wildman–Crippen LogP) is 1.29. The second-order valence-electron chi connectivity index (χ2n) is 4.59. The molecule has 0 bridgehead atoms. The van der Waals surface area contributed by atoms with Crippen LogP contribution in [0, 0.1) is 0 Å². The average molecular weight is 257 g/mol. The van der Waals surface area contributed by atoms with Gasteiger partial charge in [-0.05, 0) is 18.9 Å². The smallest absolute Gasteiger partial charge is 0.255 e. The topological polar surface area (TPSA) is 72.7 Å². The van der Waals surface area contributed by atoms with Crippen LogP contribution >= 0.6 is 0 Å².